The van der Waals surface area contributed by atoms with Crippen LogP contribution in [0.2, 0.25) is 10.0 Å². The Hall–Kier alpha value is -1.60. The molecule has 1 aliphatic rings. The topological polar surface area (TPSA) is 57.7 Å². The van der Waals surface area contributed by atoms with Crippen molar-refractivity contribution in [2.24, 2.45) is 0 Å². The Morgan fingerprint density at radius 1 is 0.964 bits per heavy atom. The fourth-order valence-corrected chi connectivity index (χ4v) is 5.20. The zero-order valence-electron chi connectivity index (χ0n) is 15.8. The summed E-state index contributed by atoms with van der Waals surface area (Å²) in [7, 11) is -3.57. The lowest BCUT2D eigenvalue weighted by molar-refractivity contribution is -0.131. The quantitative estimate of drug-likeness (QED) is 0.728. The second-order valence-electron chi connectivity index (χ2n) is 6.91. The van der Waals surface area contributed by atoms with E-state index in [9.17, 15) is 13.2 Å². The molecule has 1 heterocycles. The molecule has 3 rings (SSSR count). The molecule has 0 spiro atoms. The number of amides is 1. The number of sulfonamides is 1. The fraction of sp³-hybridized carbons (Fsp3) is 0.350. The Morgan fingerprint density at radius 3 is 2.14 bits per heavy atom. The number of hydrogen-bond acceptors (Lipinski definition) is 3. The van der Waals surface area contributed by atoms with Crippen LogP contribution < -0.4 is 0 Å². The van der Waals surface area contributed by atoms with Crippen LogP contribution in [0.3, 0.4) is 0 Å². The van der Waals surface area contributed by atoms with Gasteiger partial charge in [-0.2, -0.15) is 4.31 Å². The highest BCUT2D eigenvalue weighted by Gasteiger charge is 2.30. The lowest BCUT2D eigenvalue weighted by Crippen LogP contribution is -2.50. The van der Waals surface area contributed by atoms with E-state index in [1.165, 1.54) is 4.31 Å². The van der Waals surface area contributed by atoms with E-state index in [1.54, 1.807) is 35.2 Å². The molecule has 0 radical (unpaired) electrons. The Labute approximate surface area is 175 Å². The number of hydrogen-bond donors (Lipinski definition) is 0. The van der Waals surface area contributed by atoms with E-state index in [0.29, 0.717) is 33.6 Å². The summed E-state index contributed by atoms with van der Waals surface area (Å²) in [6.07, 6.45) is 0.0996. The molecule has 28 heavy (non-hydrogen) atoms. The molecule has 0 aliphatic carbocycles. The summed E-state index contributed by atoms with van der Waals surface area (Å²) in [5, 5.41) is 0.911. The highest BCUT2D eigenvalue weighted by molar-refractivity contribution is 7.89. The number of carbonyl (C=O) groups is 1. The number of aryl methyl sites for hydroxylation is 2. The maximum atomic E-state index is 12.9. The first-order valence-corrected chi connectivity index (χ1v) is 11.2. The third-order valence-corrected chi connectivity index (χ3v) is 7.70. The summed E-state index contributed by atoms with van der Waals surface area (Å²) in [5.41, 5.74) is 2.58. The van der Waals surface area contributed by atoms with Crippen molar-refractivity contribution in [1.82, 2.24) is 9.21 Å². The Balaban J connectivity index is 1.66. The van der Waals surface area contributed by atoms with Crippen molar-refractivity contribution in [2.45, 2.75) is 25.2 Å². The molecule has 150 valence electrons. The van der Waals surface area contributed by atoms with Crippen LogP contribution in [-0.2, 0) is 21.2 Å². The lowest BCUT2D eigenvalue weighted by Gasteiger charge is -2.34. The minimum Gasteiger partial charge on any atom is -0.340 e. The van der Waals surface area contributed by atoms with E-state index >= 15 is 0 Å². The average Bonchev–Trinajstić information content (AvgIpc) is 2.67. The normalized spacial score (nSPS) is 15.6. The van der Waals surface area contributed by atoms with Crippen LogP contribution in [0.5, 0.6) is 0 Å². The van der Waals surface area contributed by atoms with E-state index in [0.717, 1.165) is 11.1 Å². The largest absolute Gasteiger partial charge is 0.340 e. The van der Waals surface area contributed by atoms with E-state index < -0.39 is 10.0 Å². The second kappa shape index (κ2) is 8.41. The molecule has 2 aromatic carbocycles. The number of rotatable bonds is 4. The third-order valence-electron chi connectivity index (χ3n) is 5.10. The molecule has 0 N–H and O–H groups in total. The molecule has 0 saturated carbocycles. The van der Waals surface area contributed by atoms with Crippen LogP contribution in [0.4, 0.5) is 0 Å². The lowest BCUT2D eigenvalue weighted by atomic mass is 10.1. The standard InChI is InChI=1S/C20H22Cl2N2O3S/c1-14-6-7-16(12-15(14)2)28(26,27)24-10-8-23(9-11-24)20(25)13-17-18(21)4-3-5-19(17)22/h3-7,12H,8-11,13H2,1-2H3. The third kappa shape index (κ3) is 4.35. The Kier molecular flexibility index (Phi) is 6.34. The Bertz CT molecular complexity index is 980. The van der Waals surface area contributed by atoms with Crippen molar-refractivity contribution >= 4 is 39.1 Å². The molecule has 1 saturated heterocycles. The number of benzene rings is 2. The van der Waals surface area contributed by atoms with Crippen molar-refractivity contribution < 1.29 is 13.2 Å². The summed E-state index contributed by atoms with van der Waals surface area (Å²) in [6.45, 7) is 5.04. The zero-order valence-corrected chi connectivity index (χ0v) is 18.1. The molecular formula is C20H22Cl2N2O3S. The van der Waals surface area contributed by atoms with E-state index in [2.05, 4.69) is 0 Å². The molecule has 1 fully saturated rings. The predicted molar refractivity (Wildman–Crippen MR) is 111 cm³/mol. The van der Waals surface area contributed by atoms with Gasteiger partial charge in [0.05, 0.1) is 11.3 Å². The van der Waals surface area contributed by atoms with Gasteiger partial charge in [-0.3, -0.25) is 4.79 Å². The van der Waals surface area contributed by atoms with Gasteiger partial charge in [0.15, 0.2) is 0 Å². The zero-order chi connectivity index (χ0) is 20.5. The highest BCUT2D eigenvalue weighted by Crippen LogP contribution is 2.26. The van der Waals surface area contributed by atoms with Crippen LogP contribution >= 0.6 is 23.2 Å². The van der Waals surface area contributed by atoms with Crippen LogP contribution in [-0.4, -0.2) is 49.7 Å². The van der Waals surface area contributed by atoms with Crippen molar-refractivity contribution in [3.63, 3.8) is 0 Å². The highest BCUT2D eigenvalue weighted by atomic mass is 35.5. The minimum absolute atomic E-state index is 0.0996. The van der Waals surface area contributed by atoms with Crippen molar-refractivity contribution in [2.75, 3.05) is 26.2 Å². The molecule has 0 bridgehead atoms. The maximum Gasteiger partial charge on any atom is 0.243 e. The minimum atomic E-state index is -3.57. The number of nitrogens with zero attached hydrogens (tertiary/aromatic N) is 2. The monoisotopic (exact) mass is 440 g/mol. The summed E-state index contributed by atoms with van der Waals surface area (Å²) >= 11 is 12.3. The molecule has 1 aliphatic heterocycles. The van der Waals surface area contributed by atoms with Gasteiger partial charge >= 0.3 is 0 Å². The van der Waals surface area contributed by atoms with Gasteiger partial charge < -0.3 is 4.90 Å². The van der Waals surface area contributed by atoms with Gasteiger partial charge in [-0.25, -0.2) is 8.42 Å². The van der Waals surface area contributed by atoms with Crippen molar-refractivity contribution in [3.8, 4) is 0 Å². The number of halogens is 2. The molecule has 0 unspecified atom stereocenters. The number of carbonyl (C=O) groups excluding carboxylic acids is 1. The van der Waals surface area contributed by atoms with Crippen LogP contribution in [0.1, 0.15) is 16.7 Å². The van der Waals surface area contributed by atoms with Gasteiger partial charge in [0.1, 0.15) is 0 Å². The molecule has 1 amide bonds. The molecule has 0 aromatic heterocycles. The SMILES string of the molecule is Cc1ccc(S(=O)(=O)N2CCN(C(=O)Cc3c(Cl)cccc3Cl)CC2)cc1C. The second-order valence-corrected chi connectivity index (χ2v) is 9.66. The van der Waals surface area contributed by atoms with Gasteiger partial charge in [-0.1, -0.05) is 35.3 Å². The first kappa shape index (κ1) is 21.1. The average molecular weight is 441 g/mol. The molecule has 0 atom stereocenters. The summed E-state index contributed by atoms with van der Waals surface area (Å²) < 4.78 is 27.2. The van der Waals surface area contributed by atoms with Gasteiger partial charge in [0.2, 0.25) is 15.9 Å². The first-order valence-electron chi connectivity index (χ1n) is 8.98. The maximum absolute atomic E-state index is 12.9. The van der Waals surface area contributed by atoms with Crippen molar-refractivity contribution in [1.29, 1.82) is 0 Å². The predicted octanol–water partition coefficient (Wildman–Crippen LogP) is 3.69. The summed E-state index contributed by atoms with van der Waals surface area (Å²) in [4.78, 5) is 14.6. The Morgan fingerprint density at radius 2 is 1.57 bits per heavy atom. The van der Waals surface area contributed by atoms with Gasteiger partial charge in [-0.05, 0) is 54.8 Å². The van der Waals surface area contributed by atoms with Crippen LogP contribution in [0.15, 0.2) is 41.3 Å². The molecule has 2 aromatic rings. The molecular weight excluding hydrogens is 419 g/mol. The summed E-state index contributed by atoms with van der Waals surface area (Å²) in [5.74, 6) is -0.113. The van der Waals surface area contributed by atoms with Gasteiger partial charge in [-0.15, -0.1) is 0 Å². The van der Waals surface area contributed by atoms with Crippen molar-refractivity contribution in [3.05, 3.63) is 63.1 Å². The smallest absolute Gasteiger partial charge is 0.243 e. The van der Waals surface area contributed by atoms with Gasteiger partial charge in [0, 0.05) is 36.2 Å². The molecule has 5 nitrogen and oxygen atoms in total. The fourth-order valence-electron chi connectivity index (χ4n) is 3.17. The van der Waals surface area contributed by atoms with E-state index in [1.807, 2.05) is 19.9 Å². The summed E-state index contributed by atoms with van der Waals surface area (Å²) in [6, 6.07) is 10.3. The van der Waals surface area contributed by atoms with Crippen LogP contribution in [0.25, 0.3) is 0 Å². The number of piperazine rings is 1. The van der Waals surface area contributed by atoms with Gasteiger partial charge in [0.25, 0.3) is 0 Å². The van der Waals surface area contributed by atoms with E-state index in [4.69, 9.17) is 23.2 Å². The molecule has 8 heteroatoms. The van der Waals surface area contributed by atoms with E-state index in [-0.39, 0.29) is 25.4 Å². The first-order chi connectivity index (χ1) is 13.2. The van der Waals surface area contributed by atoms with Crippen LogP contribution in [0, 0.1) is 13.8 Å².